The molecule has 0 fully saturated rings. The molecular weight excluding hydrogens is 213 g/mol. The van der Waals surface area contributed by atoms with Crippen LogP contribution < -0.4 is 10.1 Å². The van der Waals surface area contributed by atoms with Crippen molar-refractivity contribution < 1.29 is 19.0 Å². The quantitative estimate of drug-likeness (QED) is 0.778. The number of para-hydroxylation sites is 1. The van der Waals surface area contributed by atoms with Gasteiger partial charge in [-0.3, -0.25) is 4.79 Å². The first-order valence-electron chi connectivity index (χ1n) is 4.91. The van der Waals surface area contributed by atoms with Crippen LogP contribution in [0.1, 0.15) is 6.92 Å². The maximum atomic E-state index is 13.1. The largest absolute Gasteiger partial charge is 0.481 e. The van der Waals surface area contributed by atoms with Crippen LogP contribution in [0.3, 0.4) is 0 Å². The van der Waals surface area contributed by atoms with Crippen molar-refractivity contribution in [3.05, 3.63) is 30.1 Å². The number of aliphatic hydroxyl groups excluding tert-OH is 1. The maximum absolute atomic E-state index is 13.1. The lowest BCUT2D eigenvalue weighted by molar-refractivity contribution is -0.124. The molecular formula is C11H14FNO3. The highest BCUT2D eigenvalue weighted by molar-refractivity contribution is 5.77. The van der Waals surface area contributed by atoms with Crippen molar-refractivity contribution in [2.75, 3.05) is 13.2 Å². The van der Waals surface area contributed by atoms with Crippen LogP contribution >= 0.6 is 0 Å². The van der Waals surface area contributed by atoms with Crippen LogP contribution in [0, 0.1) is 5.82 Å². The third kappa shape index (κ3) is 3.86. The second kappa shape index (κ2) is 6.07. The summed E-state index contributed by atoms with van der Waals surface area (Å²) in [5.74, 6) is -0.871. The summed E-state index contributed by atoms with van der Waals surface area (Å²) in [6, 6.07) is 5.52. The lowest BCUT2D eigenvalue weighted by Gasteiger charge is -2.11. The number of carbonyl (C=O) groups excluding carboxylic acids is 1. The molecule has 4 nitrogen and oxygen atoms in total. The summed E-state index contributed by atoms with van der Waals surface area (Å²) in [5, 5.41) is 11.2. The molecule has 0 aromatic heterocycles. The average Bonchev–Trinajstić information content (AvgIpc) is 2.28. The van der Waals surface area contributed by atoms with Crippen molar-refractivity contribution in [1.29, 1.82) is 0 Å². The van der Waals surface area contributed by atoms with Crippen LogP contribution in [0.15, 0.2) is 24.3 Å². The van der Waals surface area contributed by atoms with Gasteiger partial charge in [0, 0.05) is 6.04 Å². The fourth-order valence-electron chi connectivity index (χ4n) is 1.07. The standard InChI is InChI=1S/C11H14FNO3/c1-8(6-14)13-11(15)7-16-10-5-3-2-4-9(10)12/h2-5,8,14H,6-7H2,1H3,(H,13,15)/t8-/m0/s1. The van der Waals surface area contributed by atoms with E-state index in [0.717, 1.165) is 0 Å². The summed E-state index contributed by atoms with van der Waals surface area (Å²) in [5.41, 5.74) is 0. The van der Waals surface area contributed by atoms with E-state index in [1.165, 1.54) is 18.2 Å². The summed E-state index contributed by atoms with van der Waals surface area (Å²) in [6.45, 7) is 1.23. The Balaban J connectivity index is 2.40. The zero-order chi connectivity index (χ0) is 12.0. The Morgan fingerprint density at radius 1 is 1.56 bits per heavy atom. The van der Waals surface area contributed by atoms with Crippen molar-refractivity contribution in [3.63, 3.8) is 0 Å². The van der Waals surface area contributed by atoms with E-state index in [4.69, 9.17) is 9.84 Å². The second-order valence-electron chi connectivity index (χ2n) is 3.37. The Labute approximate surface area is 93.0 Å². The van der Waals surface area contributed by atoms with Crippen LogP contribution in [0.5, 0.6) is 5.75 Å². The first-order chi connectivity index (χ1) is 7.63. The number of hydrogen-bond acceptors (Lipinski definition) is 3. The van der Waals surface area contributed by atoms with Gasteiger partial charge in [-0.15, -0.1) is 0 Å². The van der Waals surface area contributed by atoms with Gasteiger partial charge in [-0.2, -0.15) is 0 Å². The Morgan fingerprint density at radius 2 is 2.25 bits per heavy atom. The number of ether oxygens (including phenoxy) is 1. The molecule has 1 aromatic carbocycles. The second-order valence-corrected chi connectivity index (χ2v) is 3.37. The van der Waals surface area contributed by atoms with Crippen LogP contribution in [0.25, 0.3) is 0 Å². The third-order valence-electron chi connectivity index (χ3n) is 1.88. The molecule has 0 radical (unpaired) electrons. The molecule has 1 amide bonds. The summed E-state index contributed by atoms with van der Waals surface area (Å²) < 4.78 is 18.0. The van der Waals surface area contributed by atoms with Gasteiger partial charge >= 0.3 is 0 Å². The van der Waals surface area contributed by atoms with Crippen LogP contribution in [-0.4, -0.2) is 30.3 Å². The maximum Gasteiger partial charge on any atom is 0.258 e. The lowest BCUT2D eigenvalue weighted by atomic mass is 10.3. The van der Waals surface area contributed by atoms with Gasteiger partial charge in [-0.25, -0.2) is 4.39 Å². The predicted octanol–water partition coefficient (Wildman–Crippen LogP) is 0.701. The van der Waals surface area contributed by atoms with Gasteiger partial charge in [0.1, 0.15) is 0 Å². The number of hydrogen-bond donors (Lipinski definition) is 2. The van der Waals surface area contributed by atoms with E-state index in [1.807, 2.05) is 0 Å². The van der Waals surface area contributed by atoms with Gasteiger partial charge in [0.25, 0.3) is 5.91 Å². The molecule has 1 atom stereocenters. The monoisotopic (exact) mass is 227 g/mol. The van der Waals surface area contributed by atoms with Gasteiger partial charge < -0.3 is 15.2 Å². The number of halogens is 1. The van der Waals surface area contributed by atoms with Gasteiger partial charge in [0.05, 0.1) is 6.61 Å². The van der Waals surface area contributed by atoms with E-state index in [2.05, 4.69) is 5.32 Å². The van der Waals surface area contributed by atoms with E-state index in [-0.39, 0.29) is 25.0 Å². The number of benzene rings is 1. The first-order valence-corrected chi connectivity index (χ1v) is 4.91. The number of carbonyl (C=O) groups is 1. The number of aliphatic hydroxyl groups is 1. The summed E-state index contributed by atoms with van der Waals surface area (Å²) in [7, 11) is 0. The summed E-state index contributed by atoms with van der Waals surface area (Å²) in [4.78, 5) is 11.2. The first kappa shape index (κ1) is 12.4. The average molecular weight is 227 g/mol. The predicted molar refractivity (Wildman–Crippen MR) is 56.6 cm³/mol. The minimum Gasteiger partial charge on any atom is -0.481 e. The number of nitrogens with one attached hydrogen (secondary N) is 1. The highest BCUT2D eigenvalue weighted by Crippen LogP contribution is 2.14. The molecule has 0 aliphatic carbocycles. The van der Waals surface area contributed by atoms with Gasteiger partial charge in [-0.1, -0.05) is 12.1 Å². The van der Waals surface area contributed by atoms with E-state index in [9.17, 15) is 9.18 Å². The molecule has 0 aliphatic rings. The number of rotatable bonds is 5. The highest BCUT2D eigenvalue weighted by atomic mass is 19.1. The summed E-state index contributed by atoms with van der Waals surface area (Å²) >= 11 is 0. The molecule has 0 heterocycles. The molecule has 0 unspecified atom stereocenters. The van der Waals surface area contributed by atoms with Gasteiger partial charge in [0.15, 0.2) is 18.2 Å². The van der Waals surface area contributed by atoms with Crippen LogP contribution in [-0.2, 0) is 4.79 Å². The molecule has 88 valence electrons. The Morgan fingerprint density at radius 3 is 2.88 bits per heavy atom. The van der Waals surface area contributed by atoms with Gasteiger partial charge in [0.2, 0.25) is 0 Å². The Kier molecular flexibility index (Phi) is 4.72. The smallest absolute Gasteiger partial charge is 0.258 e. The molecule has 0 saturated carbocycles. The molecule has 0 saturated heterocycles. The topological polar surface area (TPSA) is 58.6 Å². The zero-order valence-electron chi connectivity index (χ0n) is 8.94. The normalized spacial score (nSPS) is 11.9. The number of amides is 1. The minimum atomic E-state index is -0.509. The molecule has 2 N–H and O–H groups in total. The molecule has 5 heteroatoms. The SMILES string of the molecule is C[C@@H](CO)NC(=O)COc1ccccc1F. The van der Waals surface area contributed by atoms with Crippen LogP contribution in [0.2, 0.25) is 0 Å². The van der Waals surface area contributed by atoms with Crippen LogP contribution in [0.4, 0.5) is 4.39 Å². The Hall–Kier alpha value is -1.62. The van der Waals surface area contributed by atoms with Crippen molar-refractivity contribution in [1.82, 2.24) is 5.32 Å². The fraction of sp³-hybridized carbons (Fsp3) is 0.364. The zero-order valence-corrected chi connectivity index (χ0v) is 8.94. The molecule has 16 heavy (non-hydrogen) atoms. The van der Waals surface area contributed by atoms with Gasteiger partial charge in [-0.05, 0) is 19.1 Å². The van der Waals surface area contributed by atoms with Crippen molar-refractivity contribution in [2.24, 2.45) is 0 Å². The molecule has 1 rings (SSSR count). The van der Waals surface area contributed by atoms with Crippen molar-refractivity contribution in [3.8, 4) is 5.75 Å². The lowest BCUT2D eigenvalue weighted by Crippen LogP contribution is -2.38. The fourth-order valence-corrected chi connectivity index (χ4v) is 1.07. The van der Waals surface area contributed by atoms with E-state index < -0.39 is 11.7 Å². The van der Waals surface area contributed by atoms with E-state index in [0.29, 0.717) is 0 Å². The molecule has 0 bridgehead atoms. The van der Waals surface area contributed by atoms with E-state index >= 15 is 0 Å². The van der Waals surface area contributed by atoms with Crippen molar-refractivity contribution >= 4 is 5.91 Å². The molecule has 1 aromatic rings. The highest BCUT2D eigenvalue weighted by Gasteiger charge is 2.08. The molecule has 0 spiro atoms. The third-order valence-corrected chi connectivity index (χ3v) is 1.88. The minimum absolute atomic E-state index is 0.0364. The summed E-state index contributed by atoms with van der Waals surface area (Å²) in [6.07, 6.45) is 0. The molecule has 0 aliphatic heterocycles. The van der Waals surface area contributed by atoms with E-state index in [1.54, 1.807) is 13.0 Å². The Bertz CT molecular complexity index is 357. The van der Waals surface area contributed by atoms with Crippen molar-refractivity contribution in [2.45, 2.75) is 13.0 Å².